The van der Waals surface area contributed by atoms with Crippen LogP contribution in [0.5, 0.6) is 0 Å². The molecule has 0 saturated heterocycles. The lowest BCUT2D eigenvalue weighted by Crippen LogP contribution is -2.20. The van der Waals surface area contributed by atoms with Crippen LogP contribution in [0.25, 0.3) is 10.3 Å². The molecule has 1 atom stereocenters. The molecule has 0 amide bonds. The van der Waals surface area contributed by atoms with Gasteiger partial charge < -0.3 is 4.74 Å². The van der Waals surface area contributed by atoms with Crippen LogP contribution in [0.3, 0.4) is 0 Å². The van der Waals surface area contributed by atoms with Crippen LogP contribution in [0, 0.1) is 5.92 Å². The third-order valence-electron chi connectivity index (χ3n) is 2.66. The highest BCUT2D eigenvalue weighted by Gasteiger charge is 2.28. The molecular formula is C13H16N2O2S. The number of fused-ring (bicyclic) bond motifs is 1. The summed E-state index contributed by atoms with van der Waals surface area (Å²) in [7, 11) is 0. The highest BCUT2D eigenvalue weighted by atomic mass is 32.1. The van der Waals surface area contributed by atoms with E-state index in [1.807, 2.05) is 32.9 Å². The molecule has 0 aliphatic heterocycles. The maximum Gasteiger partial charge on any atom is 0.316 e. The Bertz CT molecular complexity index is 518. The second-order valence-corrected chi connectivity index (χ2v) is 5.36. The number of carbonyl (C=O) groups excluding carboxylic acids is 1. The summed E-state index contributed by atoms with van der Waals surface area (Å²) in [5.74, 6) is -0.347. The van der Waals surface area contributed by atoms with Gasteiger partial charge in [0.1, 0.15) is 21.3 Å². The Labute approximate surface area is 110 Å². The number of rotatable bonds is 4. The number of nitrogens with zero attached hydrogens (tertiary/aromatic N) is 2. The van der Waals surface area contributed by atoms with Crippen molar-refractivity contribution in [2.75, 3.05) is 6.61 Å². The van der Waals surface area contributed by atoms with Crippen molar-refractivity contribution in [1.29, 1.82) is 0 Å². The minimum atomic E-state index is -0.302. The highest BCUT2D eigenvalue weighted by Crippen LogP contribution is 2.31. The molecule has 0 saturated carbocycles. The summed E-state index contributed by atoms with van der Waals surface area (Å²) in [4.78, 5) is 21.6. The fraction of sp³-hybridized carbons (Fsp3) is 0.462. The summed E-state index contributed by atoms with van der Waals surface area (Å²) in [6.45, 7) is 6.21. The Hall–Kier alpha value is -1.49. The lowest BCUT2D eigenvalue weighted by atomic mass is 9.97. The van der Waals surface area contributed by atoms with E-state index in [0.29, 0.717) is 6.61 Å². The zero-order valence-electron chi connectivity index (χ0n) is 10.7. The Morgan fingerprint density at radius 3 is 2.89 bits per heavy atom. The van der Waals surface area contributed by atoms with Gasteiger partial charge in [-0.3, -0.25) is 4.79 Å². The largest absolute Gasteiger partial charge is 0.465 e. The van der Waals surface area contributed by atoms with Crippen LogP contribution in [0.1, 0.15) is 31.7 Å². The molecule has 2 aromatic rings. The molecule has 96 valence electrons. The zero-order chi connectivity index (χ0) is 13.1. The van der Waals surface area contributed by atoms with E-state index < -0.39 is 0 Å². The second-order valence-electron chi connectivity index (χ2n) is 4.35. The van der Waals surface area contributed by atoms with Gasteiger partial charge in [-0.1, -0.05) is 25.2 Å². The van der Waals surface area contributed by atoms with E-state index >= 15 is 0 Å². The highest BCUT2D eigenvalue weighted by molar-refractivity contribution is 7.18. The minimum Gasteiger partial charge on any atom is -0.465 e. The van der Waals surface area contributed by atoms with Gasteiger partial charge in [0.15, 0.2) is 0 Å². The van der Waals surface area contributed by atoms with E-state index in [0.717, 1.165) is 15.4 Å². The van der Waals surface area contributed by atoms with Crippen LogP contribution < -0.4 is 0 Å². The summed E-state index contributed by atoms with van der Waals surface area (Å²) in [5, 5.41) is 0.789. The number of carbonyl (C=O) groups is 1. The van der Waals surface area contributed by atoms with Gasteiger partial charge >= 0.3 is 5.97 Å². The molecule has 0 N–H and O–H groups in total. The minimum absolute atomic E-state index is 0.157. The number of ether oxygens (including phenoxy) is 1. The third-order valence-corrected chi connectivity index (χ3v) is 3.72. The van der Waals surface area contributed by atoms with Gasteiger partial charge in [0.25, 0.3) is 0 Å². The van der Waals surface area contributed by atoms with Crippen molar-refractivity contribution in [3.63, 3.8) is 0 Å². The quantitative estimate of drug-likeness (QED) is 0.797. The van der Waals surface area contributed by atoms with Gasteiger partial charge in [-0.2, -0.15) is 0 Å². The fourth-order valence-electron chi connectivity index (χ4n) is 1.81. The smallest absolute Gasteiger partial charge is 0.316 e. The van der Waals surface area contributed by atoms with E-state index in [2.05, 4.69) is 9.97 Å². The maximum absolute atomic E-state index is 12.0. The Morgan fingerprint density at radius 1 is 1.50 bits per heavy atom. The summed E-state index contributed by atoms with van der Waals surface area (Å²) < 4.78 is 5.12. The van der Waals surface area contributed by atoms with Crippen LogP contribution in [-0.2, 0) is 9.53 Å². The number of hydrogen-bond acceptors (Lipinski definition) is 5. The van der Waals surface area contributed by atoms with E-state index in [9.17, 15) is 4.79 Å². The summed E-state index contributed by atoms with van der Waals surface area (Å²) >= 11 is 1.46. The van der Waals surface area contributed by atoms with E-state index in [1.165, 1.54) is 11.3 Å². The average Bonchev–Trinajstić information content (AvgIpc) is 2.71. The topological polar surface area (TPSA) is 52.1 Å². The molecule has 2 aromatic heterocycles. The molecule has 18 heavy (non-hydrogen) atoms. The van der Waals surface area contributed by atoms with Gasteiger partial charge in [-0.05, 0) is 25.0 Å². The van der Waals surface area contributed by atoms with Crippen LogP contribution in [0.2, 0.25) is 0 Å². The molecule has 0 spiro atoms. The molecule has 0 aliphatic carbocycles. The van der Waals surface area contributed by atoms with Crippen molar-refractivity contribution in [3.8, 4) is 0 Å². The standard InChI is InChI=1S/C13H16N2O2S/c1-4-17-13(16)10(8(2)3)12-15-9-6-5-7-14-11(9)18-12/h5-8,10H,4H2,1-3H3. The number of hydrogen-bond donors (Lipinski definition) is 0. The molecule has 1 unspecified atom stereocenters. The van der Waals surface area contributed by atoms with Crippen molar-refractivity contribution in [3.05, 3.63) is 23.3 Å². The first-order valence-electron chi connectivity index (χ1n) is 6.01. The van der Waals surface area contributed by atoms with Crippen molar-refractivity contribution in [2.24, 2.45) is 5.92 Å². The van der Waals surface area contributed by atoms with Crippen molar-refractivity contribution in [2.45, 2.75) is 26.7 Å². The maximum atomic E-state index is 12.0. The molecule has 0 aromatic carbocycles. The molecule has 2 heterocycles. The number of aromatic nitrogens is 2. The Morgan fingerprint density at radius 2 is 2.28 bits per heavy atom. The molecule has 0 aliphatic rings. The van der Waals surface area contributed by atoms with Crippen molar-refractivity contribution >= 4 is 27.7 Å². The number of thiazole rings is 1. The number of esters is 1. The molecule has 0 bridgehead atoms. The summed E-state index contributed by atoms with van der Waals surface area (Å²) in [6.07, 6.45) is 1.74. The first-order valence-corrected chi connectivity index (χ1v) is 6.83. The molecule has 5 heteroatoms. The van der Waals surface area contributed by atoms with E-state index in [-0.39, 0.29) is 17.8 Å². The number of pyridine rings is 1. The Kier molecular flexibility index (Phi) is 3.91. The monoisotopic (exact) mass is 264 g/mol. The van der Waals surface area contributed by atoms with Crippen LogP contribution in [0.4, 0.5) is 0 Å². The van der Waals surface area contributed by atoms with E-state index in [1.54, 1.807) is 6.20 Å². The second kappa shape index (κ2) is 5.44. The molecule has 0 radical (unpaired) electrons. The van der Waals surface area contributed by atoms with Crippen molar-refractivity contribution < 1.29 is 9.53 Å². The summed E-state index contributed by atoms with van der Waals surface area (Å²) in [5.41, 5.74) is 0.840. The molecule has 2 rings (SSSR count). The normalized spacial score (nSPS) is 12.9. The van der Waals surface area contributed by atoms with Crippen LogP contribution in [-0.4, -0.2) is 22.5 Å². The fourth-order valence-corrected chi connectivity index (χ4v) is 2.98. The first kappa shape index (κ1) is 13.0. The third kappa shape index (κ3) is 2.51. The van der Waals surface area contributed by atoms with E-state index in [4.69, 9.17) is 4.74 Å². The van der Waals surface area contributed by atoms with Gasteiger partial charge in [-0.25, -0.2) is 9.97 Å². The predicted molar refractivity (Wildman–Crippen MR) is 71.6 cm³/mol. The van der Waals surface area contributed by atoms with Crippen LogP contribution >= 0.6 is 11.3 Å². The SMILES string of the molecule is CCOC(=O)C(c1nc2cccnc2s1)C(C)C. The van der Waals surface area contributed by atoms with Gasteiger partial charge in [-0.15, -0.1) is 0 Å². The molecule has 4 nitrogen and oxygen atoms in total. The lowest BCUT2D eigenvalue weighted by molar-refractivity contribution is -0.146. The van der Waals surface area contributed by atoms with Crippen molar-refractivity contribution in [1.82, 2.24) is 9.97 Å². The first-order chi connectivity index (χ1) is 8.63. The lowest BCUT2D eigenvalue weighted by Gasteiger charge is -2.16. The van der Waals surface area contributed by atoms with Crippen LogP contribution in [0.15, 0.2) is 18.3 Å². The average molecular weight is 264 g/mol. The van der Waals surface area contributed by atoms with Gasteiger partial charge in [0.2, 0.25) is 0 Å². The Balaban J connectivity index is 2.38. The molecule has 0 fully saturated rings. The zero-order valence-corrected chi connectivity index (χ0v) is 11.5. The van der Waals surface area contributed by atoms with Gasteiger partial charge in [0, 0.05) is 6.20 Å². The predicted octanol–water partition coefficient (Wildman–Crippen LogP) is 2.99. The molecular weight excluding hydrogens is 248 g/mol. The summed E-state index contributed by atoms with van der Waals surface area (Å²) in [6, 6.07) is 3.76. The van der Waals surface area contributed by atoms with Gasteiger partial charge in [0.05, 0.1) is 6.61 Å².